The molecule has 132 valence electrons. The minimum atomic E-state index is -1.67. The van der Waals surface area contributed by atoms with Crippen LogP contribution in [0.5, 0.6) is 0 Å². The molecule has 2 rings (SSSR count). The summed E-state index contributed by atoms with van der Waals surface area (Å²) in [6.45, 7) is 1.30. The lowest BCUT2D eigenvalue weighted by Gasteiger charge is -2.22. The summed E-state index contributed by atoms with van der Waals surface area (Å²) in [4.78, 5) is 25.0. The molecule has 0 aliphatic heterocycles. The molecule has 0 fully saturated rings. The van der Waals surface area contributed by atoms with Crippen molar-refractivity contribution >= 4 is 34.8 Å². The maximum Gasteiger partial charge on any atom is 0.226 e. The Morgan fingerprint density at radius 1 is 1.08 bits per heavy atom. The van der Waals surface area contributed by atoms with Gasteiger partial charge in [0.2, 0.25) is 11.8 Å². The predicted molar refractivity (Wildman–Crippen MR) is 89.0 cm³/mol. The number of nitrogens with zero attached hydrogens (tertiary/aromatic N) is 1. The number of carbonyl (C=O) groups excluding carboxylic acids is 2. The van der Waals surface area contributed by atoms with Gasteiger partial charge in [-0.25, -0.2) is 13.2 Å². The van der Waals surface area contributed by atoms with Crippen molar-refractivity contribution in [2.75, 3.05) is 16.8 Å². The largest absolute Gasteiger partial charge is 0.323 e. The lowest BCUT2D eigenvalue weighted by molar-refractivity contribution is -0.117. The van der Waals surface area contributed by atoms with Gasteiger partial charge in [-0.15, -0.1) is 0 Å². The van der Waals surface area contributed by atoms with Crippen molar-refractivity contribution in [2.24, 2.45) is 0 Å². The van der Waals surface area contributed by atoms with Gasteiger partial charge < -0.3 is 10.2 Å². The van der Waals surface area contributed by atoms with Gasteiger partial charge in [0.25, 0.3) is 0 Å². The lowest BCUT2D eigenvalue weighted by atomic mass is 10.2. The average molecular weight is 371 g/mol. The quantitative estimate of drug-likeness (QED) is 0.804. The van der Waals surface area contributed by atoms with Gasteiger partial charge in [0.1, 0.15) is 0 Å². The van der Waals surface area contributed by atoms with Gasteiger partial charge in [-0.05, 0) is 24.3 Å². The summed E-state index contributed by atoms with van der Waals surface area (Å²) >= 11 is 6.04. The van der Waals surface area contributed by atoms with Crippen LogP contribution in [-0.2, 0) is 9.59 Å². The Morgan fingerprint density at radius 2 is 1.76 bits per heavy atom. The molecule has 25 heavy (non-hydrogen) atoms. The van der Waals surface area contributed by atoms with Gasteiger partial charge >= 0.3 is 0 Å². The van der Waals surface area contributed by atoms with Crippen molar-refractivity contribution in [3.05, 3.63) is 58.9 Å². The number of hydrogen-bond acceptors (Lipinski definition) is 2. The van der Waals surface area contributed by atoms with Crippen LogP contribution in [0.25, 0.3) is 0 Å². The third-order valence-corrected chi connectivity index (χ3v) is 3.71. The summed E-state index contributed by atoms with van der Waals surface area (Å²) in [6, 6.07) is 8.24. The summed E-state index contributed by atoms with van der Waals surface area (Å²) in [5, 5.41) is 2.48. The molecule has 8 heteroatoms. The van der Waals surface area contributed by atoms with Crippen molar-refractivity contribution in [3.63, 3.8) is 0 Å². The third-order valence-electron chi connectivity index (χ3n) is 3.40. The van der Waals surface area contributed by atoms with Crippen LogP contribution in [0.4, 0.5) is 24.5 Å². The van der Waals surface area contributed by atoms with Crippen LogP contribution in [-0.4, -0.2) is 18.4 Å². The number of para-hydroxylation sites is 1. The Balaban J connectivity index is 2.06. The van der Waals surface area contributed by atoms with Crippen molar-refractivity contribution in [2.45, 2.75) is 13.3 Å². The van der Waals surface area contributed by atoms with E-state index in [1.54, 1.807) is 24.3 Å². The summed E-state index contributed by atoms with van der Waals surface area (Å²) in [7, 11) is 0. The summed E-state index contributed by atoms with van der Waals surface area (Å²) in [5.41, 5.74) is -0.0421. The minimum Gasteiger partial charge on any atom is -0.323 e. The van der Waals surface area contributed by atoms with Crippen LogP contribution in [0.2, 0.25) is 5.02 Å². The fraction of sp³-hybridized carbons (Fsp3) is 0.176. The molecule has 0 unspecified atom stereocenters. The van der Waals surface area contributed by atoms with Gasteiger partial charge in [-0.2, -0.15) is 0 Å². The molecular weight excluding hydrogens is 357 g/mol. The standard InChI is InChI=1S/C17H14ClF3N2O2/c1-10(24)23(14-5-3-2-4-11(14)18)9-8-15(25)22-13-7-6-12(19)16(20)17(13)21/h2-7H,8-9H2,1H3,(H,22,25). The van der Waals surface area contributed by atoms with Crippen molar-refractivity contribution in [1.82, 2.24) is 0 Å². The van der Waals surface area contributed by atoms with Crippen LogP contribution in [0.3, 0.4) is 0 Å². The Morgan fingerprint density at radius 3 is 2.40 bits per heavy atom. The van der Waals surface area contributed by atoms with E-state index >= 15 is 0 Å². The van der Waals surface area contributed by atoms with Crippen molar-refractivity contribution < 1.29 is 22.8 Å². The number of halogens is 4. The van der Waals surface area contributed by atoms with E-state index in [0.717, 1.165) is 6.07 Å². The van der Waals surface area contributed by atoms with Gasteiger partial charge in [-0.1, -0.05) is 23.7 Å². The van der Waals surface area contributed by atoms with Crippen LogP contribution in [0, 0.1) is 17.5 Å². The van der Waals surface area contributed by atoms with E-state index in [-0.39, 0.29) is 18.9 Å². The van der Waals surface area contributed by atoms with Crippen LogP contribution < -0.4 is 10.2 Å². The number of benzene rings is 2. The number of carbonyl (C=O) groups is 2. The number of hydrogen-bond donors (Lipinski definition) is 1. The second kappa shape index (κ2) is 8.02. The van der Waals surface area contributed by atoms with E-state index in [9.17, 15) is 22.8 Å². The van der Waals surface area contributed by atoms with Crippen molar-refractivity contribution in [1.29, 1.82) is 0 Å². The minimum absolute atomic E-state index is 0.0177. The number of anilines is 2. The third kappa shape index (κ3) is 4.51. The SMILES string of the molecule is CC(=O)N(CCC(=O)Nc1ccc(F)c(F)c1F)c1ccccc1Cl. The molecule has 2 aromatic rings. The normalized spacial score (nSPS) is 10.4. The molecule has 2 amide bonds. The van der Waals surface area contributed by atoms with Gasteiger partial charge in [0.05, 0.1) is 16.4 Å². The Hall–Kier alpha value is -2.54. The van der Waals surface area contributed by atoms with Gasteiger partial charge in [0.15, 0.2) is 17.5 Å². The van der Waals surface area contributed by atoms with E-state index in [0.29, 0.717) is 16.8 Å². The molecule has 0 saturated heterocycles. The number of amides is 2. The Kier molecular flexibility index (Phi) is 6.03. The summed E-state index contributed by atoms with van der Waals surface area (Å²) < 4.78 is 39.6. The molecule has 0 aliphatic rings. The van der Waals surface area contributed by atoms with Gasteiger partial charge in [0, 0.05) is 19.9 Å². The predicted octanol–water partition coefficient (Wildman–Crippen LogP) is 4.14. The fourth-order valence-electron chi connectivity index (χ4n) is 2.17. The molecule has 4 nitrogen and oxygen atoms in total. The first-order valence-electron chi connectivity index (χ1n) is 7.27. The Bertz CT molecular complexity index is 814. The maximum atomic E-state index is 13.6. The smallest absolute Gasteiger partial charge is 0.226 e. The first-order valence-corrected chi connectivity index (χ1v) is 7.65. The molecule has 0 bridgehead atoms. The fourth-order valence-corrected chi connectivity index (χ4v) is 2.40. The molecule has 0 aliphatic carbocycles. The van der Waals surface area contributed by atoms with Crippen LogP contribution in [0.15, 0.2) is 36.4 Å². The Labute approximate surface area is 147 Å². The van der Waals surface area contributed by atoms with E-state index in [1.165, 1.54) is 11.8 Å². The molecule has 0 aromatic heterocycles. The highest BCUT2D eigenvalue weighted by Gasteiger charge is 2.18. The highest BCUT2D eigenvalue weighted by atomic mass is 35.5. The zero-order valence-electron chi connectivity index (χ0n) is 13.2. The molecule has 0 heterocycles. The summed E-state index contributed by atoms with van der Waals surface area (Å²) in [6.07, 6.45) is -0.191. The second-order valence-electron chi connectivity index (χ2n) is 5.14. The van der Waals surface area contributed by atoms with Gasteiger partial charge in [-0.3, -0.25) is 9.59 Å². The topological polar surface area (TPSA) is 49.4 Å². The lowest BCUT2D eigenvalue weighted by Crippen LogP contribution is -2.32. The molecule has 1 N–H and O–H groups in total. The van der Waals surface area contributed by atoms with Crippen LogP contribution >= 0.6 is 11.6 Å². The van der Waals surface area contributed by atoms with E-state index in [4.69, 9.17) is 11.6 Å². The first kappa shape index (κ1) is 18.8. The monoisotopic (exact) mass is 370 g/mol. The molecule has 0 spiro atoms. The molecule has 0 atom stereocenters. The summed E-state index contributed by atoms with van der Waals surface area (Å²) in [5.74, 6) is -5.50. The zero-order chi connectivity index (χ0) is 18.6. The van der Waals surface area contributed by atoms with E-state index in [1.807, 2.05) is 0 Å². The van der Waals surface area contributed by atoms with Crippen molar-refractivity contribution in [3.8, 4) is 0 Å². The number of nitrogens with one attached hydrogen (secondary N) is 1. The highest BCUT2D eigenvalue weighted by Crippen LogP contribution is 2.25. The molecule has 0 saturated carbocycles. The maximum absolute atomic E-state index is 13.6. The molecular formula is C17H14ClF3N2O2. The average Bonchev–Trinajstić information content (AvgIpc) is 2.57. The van der Waals surface area contributed by atoms with Crippen LogP contribution in [0.1, 0.15) is 13.3 Å². The second-order valence-corrected chi connectivity index (χ2v) is 5.55. The first-order chi connectivity index (χ1) is 11.8. The zero-order valence-corrected chi connectivity index (χ0v) is 13.9. The van der Waals surface area contributed by atoms with E-state index in [2.05, 4.69) is 5.32 Å². The molecule has 2 aromatic carbocycles. The molecule has 0 radical (unpaired) electrons. The highest BCUT2D eigenvalue weighted by molar-refractivity contribution is 6.33. The van der Waals surface area contributed by atoms with E-state index < -0.39 is 29.0 Å². The number of rotatable bonds is 5.